The first-order valence-electron chi connectivity index (χ1n) is 5.07. The van der Waals surface area contributed by atoms with E-state index < -0.39 is 10.7 Å². The molecule has 1 aromatic carbocycles. The van der Waals surface area contributed by atoms with Crippen molar-refractivity contribution in [3.63, 3.8) is 0 Å². The highest BCUT2D eigenvalue weighted by Crippen LogP contribution is 2.40. The molecule has 16 heavy (non-hydrogen) atoms. The number of carbonyl (C=O) groups is 2. The van der Waals surface area contributed by atoms with Gasteiger partial charge in [0.15, 0.2) is 10.5 Å². The van der Waals surface area contributed by atoms with E-state index in [0.717, 1.165) is 4.90 Å². The number of cyclic esters (lactones) is 1. The number of hydrogen-bond donors (Lipinski definition) is 0. The highest BCUT2D eigenvalue weighted by atomic mass is 32.2. The monoisotopic (exact) mass is 236 g/mol. The molecular weight excluding hydrogens is 224 g/mol. The average Bonchev–Trinajstić information content (AvgIpc) is 2.63. The molecule has 1 fully saturated rings. The first-order chi connectivity index (χ1) is 7.65. The quantitative estimate of drug-likeness (QED) is 0.595. The van der Waals surface area contributed by atoms with Crippen molar-refractivity contribution in [3.8, 4) is 0 Å². The number of hydrogen-bond acceptors (Lipinski definition) is 4. The molecule has 1 aliphatic rings. The Kier molecular flexibility index (Phi) is 3.01. The van der Waals surface area contributed by atoms with Crippen LogP contribution < -0.4 is 0 Å². The summed E-state index contributed by atoms with van der Waals surface area (Å²) in [6, 6.07) is 9.45. The molecule has 1 aromatic rings. The van der Waals surface area contributed by atoms with Crippen molar-refractivity contribution < 1.29 is 14.3 Å². The van der Waals surface area contributed by atoms with Gasteiger partial charge < -0.3 is 4.74 Å². The lowest BCUT2D eigenvalue weighted by molar-refractivity contribution is -0.142. The second-order valence-corrected chi connectivity index (χ2v) is 5.06. The zero-order chi connectivity index (χ0) is 11.6. The fraction of sp³-hybridized carbons (Fsp3) is 0.333. The number of carbonyl (C=O) groups excluding carboxylic acids is 2. The summed E-state index contributed by atoms with van der Waals surface area (Å²) in [5.41, 5.74) is 0. The van der Waals surface area contributed by atoms with Gasteiger partial charge in [-0.1, -0.05) is 30.0 Å². The van der Waals surface area contributed by atoms with Crippen LogP contribution in [0.2, 0.25) is 0 Å². The van der Waals surface area contributed by atoms with Gasteiger partial charge >= 0.3 is 5.97 Å². The molecule has 0 amide bonds. The molecule has 0 bridgehead atoms. The minimum atomic E-state index is -1.03. The van der Waals surface area contributed by atoms with Crippen LogP contribution in [0.5, 0.6) is 0 Å². The van der Waals surface area contributed by atoms with Crippen LogP contribution in [0.4, 0.5) is 0 Å². The van der Waals surface area contributed by atoms with Crippen LogP contribution in [0.1, 0.15) is 13.3 Å². The molecule has 1 heterocycles. The zero-order valence-electron chi connectivity index (χ0n) is 8.93. The van der Waals surface area contributed by atoms with Crippen molar-refractivity contribution in [3.05, 3.63) is 30.3 Å². The lowest BCUT2D eigenvalue weighted by atomic mass is 10.0. The highest BCUT2D eigenvalue weighted by molar-refractivity contribution is 8.02. The van der Waals surface area contributed by atoms with Gasteiger partial charge in [0.25, 0.3) is 0 Å². The number of benzene rings is 1. The van der Waals surface area contributed by atoms with Crippen LogP contribution in [0.3, 0.4) is 0 Å². The summed E-state index contributed by atoms with van der Waals surface area (Å²) in [6.07, 6.45) is 0.459. The van der Waals surface area contributed by atoms with Crippen molar-refractivity contribution in [2.24, 2.45) is 0 Å². The van der Waals surface area contributed by atoms with Crippen LogP contribution in [0.15, 0.2) is 35.2 Å². The maximum absolute atomic E-state index is 11.7. The van der Waals surface area contributed by atoms with Crippen molar-refractivity contribution in [1.82, 2.24) is 0 Å². The Balaban J connectivity index is 2.29. The highest BCUT2D eigenvalue weighted by Gasteiger charge is 2.49. The summed E-state index contributed by atoms with van der Waals surface area (Å²) in [6.45, 7) is 1.78. The third-order valence-electron chi connectivity index (χ3n) is 2.62. The van der Waals surface area contributed by atoms with E-state index in [2.05, 4.69) is 0 Å². The number of thioether (sulfide) groups is 1. The van der Waals surface area contributed by atoms with Crippen LogP contribution in [0, 0.1) is 0 Å². The van der Waals surface area contributed by atoms with Crippen LogP contribution in [0.25, 0.3) is 0 Å². The van der Waals surface area contributed by atoms with Crippen LogP contribution >= 0.6 is 11.8 Å². The van der Waals surface area contributed by atoms with Gasteiger partial charge in [-0.3, -0.25) is 9.59 Å². The topological polar surface area (TPSA) is 43.4 Å². The van der Waals surface area contributed by atoms with E-state index in [-0.39, 0.29) is 5.78 Å². The molecule has 0 aliphatic carbocycles. The molecule has 1 saturated heterocycles. The molecular formula is C12H12O3S. The van der Waals surface area contributed by atoms with Gasteiger partial charge in [-0.2, -0.15) is 0 Å². The summed E-state index contributed by atoms with van der Waals surface area (Å²) < 4.78 is 3.90. The predicted molar refractivity (Wildman–Crippen MR) is 61.3 cm³/mol. The van der Waals surface area contributed by atoms with Crippen molar-refractivity contribution in [2.75, 3.05) is 6.61 Å². The van der Waals surface area contributed by atoms with Gasteiger partial charge in [0.2, 0.25) is 0 Å². The maximum Gasteiger partial charge on any atom is 0.330 e. The Hall–Kier alpha value is -1.29. The Morgan fingerprint density at radius 2 is 2.06 bits per heavy atom. The van der Waals surface area contributed by atoms with Gasteiger partial charge in [0, 0.05) is 11.3 Å². The van der Waals surface area contributed by atoms with E-state index in [1.807, 2.05) is 30.3 Å². The van der Waals surface area contributed by atoms with Crippen molar-refractivity contribution in [1.29, 1.82) is 0 Å². The van der Waals surface area contributed by atoms with Gasteiger partial charge in [-0.05, 0) is 19.1 Å². The SMILES string of the molecule is CC(=O)C1(Sc2ccccc2)CCOC1=O. The minimum Gasteiger partial charge on any atom is -0.464 e. The second-order valence-electron chi connectivity index (χ2n) is 3.68. The summed E-state index contributed by atoms with van der Waals surface area (Å²) >= 11 is 1.29. The molecule has 0 radical (unpaired) electrons. The number of rotatable bonds is 3. The lowest BCUT2D eigenvalue weighted by Gasteiger charge is -2.20. The molecule has 1 atom stereocenters. The van der Waals surface area contributed by atoms with Gasteiger partial charge in [0.1, 0.15) is 0 Å². The molecule has 0 aromatic heterocycles. The Morgan fingerprint density at radius 1 is 1.38 bits per heavy atom. The third-order valence-corrected chi connectivity index (χ3v) is 4.14. The zero-order valence-corrected chi connectivity index (χ0v) is 9.75. The Labute approximate surface area is 98.2 Å². The summed E-state index contributed by atoms with van der Waals surface area (Å²) in [5.74, 6) is -0.544. The maximum atomic E-state index is 11.7. The molecule has 0 spiro atoms. The molecule has 1 unspecified atom stereocenters. The predicted octanol–water partition coefficient (Wildman–Crippen LogP) is 2.05. The summed E-state index contributed by atoms with van der Waals surface area (Å²) in [7, 11) is 0. The third kappa shape index (κ3) is 1.85. The normalized spacial score (nSPS) is 24.2. The Bertz CT molecular complexity index is 416. The fourth-order valence-electron chi connectivity index (χ4n) is 1.68. The van der Waals surface area contributed by atoms with E-state index in [4.69, 9.17) is 4.74 Å². The molecule has 4 heteroatoms. The lowest BCUT2D eigenvalue weighted by Crippen LogP contribution is -2.38. The molecule has 3 nitrogen and oxygen atoms in total. The Morgan fingerprint density at radius 3 is 2.56 bits per heavy atom. The largest absolute Gasteiger partial charge is 0.464 e. The number of esters is 1. The van der Waals surface area contributed by atoms with E-state index in [0.29, 0.717) is 13.0 Å². The van der Waals surface area contributed by atoms with Crippen LogP contribution in [-0.4, -0.2) is 23.1 Å². The van der Waals surface area contributed by atoms with E-state index in [9.17, 15) is 9.59 Å². The molecule has 84 valence electrons. The smallest absolute Gasteiger partial charge is 0.330 e. The van der Waals surface area contributed by atoms with Crippen LogP contribution in [-0.2, 0) is 14.3 Å². The van der Waals surface area contributed by atoms with E-state index in [1.54, 1.807) is 0 Å². The molecule has 2 rings (SSSR count). The first kappa shape index (κ1) is 11.2. The summed E-state index contributed by atoms with van der Waals surface area (Å²) in [4.78, 5) is 24.3. The first-order valence-corrected chi connectivity index (χ1v) is 5.89. The average molecular weight is 236 g/mol. The van der Waals surface area contributed by atoms with Gasteiger partial charge in [-0.25, -0.2) is 0 Å². The fourth-order valence-corrected chi connectivity index (χ4v) is 2.85. The van der Waals surface area contributed by atoms with E-state index >= 15 is 0 Å². The number of Topliss-reactive ketones (excluding diaryl/α,β-unsaturated/α-hetero) is 1. The van der Waals surface area contributed by atoms with Gasteiger partial charge in [0.05, 0.1) is 6.61 Å². The van der Waals surface area contributed by atoms with Crippen molar-refractivity contribution in [2.45, 2.75) is 23.0 Å². The summed E-state index contributed by atoms with van der Waals surface area (Å²) in [5, 5.41) is 0. The number of ketones is 1. The van der Waals surface area contributed by atoms with Gasteiger partial charge in [-0.15, -0.1) is 0 Å². The molecule has 1 aliphatic heterocycles. The standard InChI is InChI=1S/C12H12O3S/c1-9(13)12(7-8-15-11(12)14)16-10-5-3-2-4-6-10/h2-6H,7-8H2,1H3. The minimum absolute atomic E-state index is 0.135. The molecule has 0 saturated carbocycles. The second kappa shape index (κ2) is 4.29. The molecule has 0 N–H and O–H groups in total. The van der Waals surface area contributed by atoms with Crippen molar-refractivity contribution >= 4 is 23.5 Å². The number of ether oxygens (including phenoxy) is 1. The van der Waals surface area contributed by atoms with E-state index in [1.165, 1.54) is 18.7 Å².